The molecule has 1 aromatic heterocycles. The first kappa shape index (κ1) is 10.1. The number of aromatic nitrogens is 2. The van der Waals surface area contributed by atoms with Gasteiger partial charge in [-0.25, -0.2) is 0 Å². The maximum absolute atomic E-state index is 4.43. The summed E-state index contributed by atoms with van der Waals surface area (Å²) in [7, 11) is 0. The predicted molar refractivity (Wildman–Crippen MR) is 71.0 cm³/mol. The van der Waals surface area contributed by atoms with Gasteiger partial charge in [0.05, 0.1) is 5.52 Å². The Labute approximate surface area is 100 Å². The van der Waals surface area contributed by atoms with Gasteiger partial charge in [-0.3, -0.25) is 5.10 Å². The number of nitrogens with one attached hydrogen (secondary N) is 1. The monoisotopic (exact) mass is 222 g/mol. The molecule has 0 radical (unpaired) electrons. The Morgan fingerprint density at radius 3 is 2.65 bits per heavy atom. The summed E-state index contributed by atoms with van der Waals surface area (Å²) in [6.07, 6.45) is 0. The van der Waals surface area contributed by atoms with Crippen molar-refractivity contribution in [3.63, 3.8) is 0 Å². The van der Waals surface area contributed by atoms with Crippen molar-refractivity contribution in [1.29, 1.82) is 0 Å². The number of aryl methyl sites for hydroxylation is 2. The smallest absolute Gasteiger partial charge is 0.100 e. The first-order valence-electron chi connectivity index (χ1n) is 5.76. The first-order chi connectivity index (χ1) is 8.25. The van der Waals surface area contributed by atoms with Crippen LogP contribution in [-0.2, 0) is 0 Å². The molecule has 3 aromatic rings. The number of rotatable bonds is 1. The van der Waals surface area contributed by atoms with Crippen molar-refractivity contribution in [1.82, 2.24) is 10.2 Å². The third-order valence-electron chi connectivity index (χ3n) is 3.11. The highest BCUT2D eigenvalue weighted by molar-refractivity contribution is 5.93. The van der Waals surface area contributed by atoms with Crippen molar-refractivity contribution in [2.45, 2.75) is 13.8 Å². The minimum Gasteiger partial charge on any atom is -0.277 e. The van der Waals surface area contributed by atoms with E-state index in [9.17, 15) is 0 Å². The SMILES string of the molecule is Cc1ccc(-c2n[nH]c3ccccc23)c(C)c1. The van der Waals surface area contributed by atoms with Crippen molar-refractivity contribution in [2.75, 3.05) is 0 Å². The molecule has 0 aliphatic heterocycles. The average Bonchev–Trinajstić information content (AvgIpc) is 2.73. The Kier molecular flexibility index (Phi) is 2.22. The second-order valence-corrected chi connectivity index (χ2v) is 4.44. The van der Waals surface area contributed by atoms with Crippen LogP contribution in [0.1, 0.15) is 11.1 Å². The van der Waals surface area contributed by atoms with Gasteiger partial charge in [0.15, 0.2) is 0 Å². The van der Waals surface area contributed by atoms with Crippen LogP contribution < -0.4 is 0 Å². The minimum atomic E-state index is 1.04. The number of benzene rings is 2. The number of hydrogen-bond donors (Lipinski definition) is 1. The van der Waals surface area contributed by atoms with E-state index in [-0.39, 0.29) is 0 Å². The summed E-state index contributed by atoms with van der Waals surface area (Å²) in [6.45, 7) is 4.24. The zero-order valence-electron chi connectivity index (χ0n) is 9.99. The van der Waals surface area contributed by atoms with E-state index < -0.39 is 0 Å². The molecule has 1 N–H and O–H groups in total. The van der Waals surface area contributed by atoms with Gasteiger partial charge in [0.1, 0.15) is 5.69 Å². The molecule has 0 fully saturated rings. The van der Waals surface area contributed by atoms with E-state index in [0.29, 0.717) is 0 Å². The summed E-state index contributed by atoms with van der Waals surface area (Å²) in [5.41, 5.74) is 5.88. The molecule has 0 saturated heterocycles. The highest BCUT2D eigenvalue weighted by Gasteiger charge is 2.09. The molecule has 17 heavy (non-hydrogen) atoms. The Bertz CT molecular complexity index is 680. The molecule has 0 unspecified atom stereocenters. The number of aromatic amines is 1. The molecule has 2 heteroatoms. The van der Waals surface area contributed by atoms with Crippen LogP contribution in [0.2, 0.25) is 0 Å². The van der Waals surface area contributed by atoms with Gasteiger partial charge in [-0.15, -0.1) is 0 Å². The molecule has 1 heterocycles. The van der Waals surface area contributed by atoms with E-state index >= 15 is 0 Å². The quantitative estimate of drug-likeness (QED) is 0.665. The van der Waals surface area contributed by atoms with Gasteiger partial charge < -0.3 is 0 Å². The van der Waals surface area contributed by atoms with Crippen LogP contribution in [0, 0.1) is 13.8 Å². The molecule has 0 spiro atoms. The van der Waals surface area contributed by atoms with Crippen molar-refractivity contribution >= 4 is 10.9 Å². The lowest BCUT2D eigenvalue weighted by atomic mass is 10.0. The van der Waals surface area contributed by atoms with Gasteiger partial charge in [0.25, 0.3) is 0 Å². The van der Waals surface area contributed by atoms with Gasteiger partial charge in [-0.2, -0.15) is 5.10 Å². The normalized spacial score (nSPS) is 10.9. The fraction of sp³-hybridized carbons (Fsp3) is 0.133. The van der Waals surface area contributed by atoms with Crippen molar-refractivity contribution in [2.24, 2.45) is 0 Å². The predicted octanol–water partition coefficient (Wildman–Crippen LogP) is 3.85. The summed E-state index contributed by atoms with van der Waals surface area (Å²) in [4.78, 5) is 0. The third kappa shape index (κ3) is 1.62. The van der Waals surface area contributed by atoms with Crippen molar-refractivity contribution < 1.29 is 0 Å². The summed E-state index contributed by atoms with van der Waals surface area (Å²) < 4.78 is 0. The second-order valence-electron chi connectivity index (χ2n) is 4.44. The van der Waals surface area contributed by atoms with Crippen LogP contribution in [0.15, 0.2) is 42.5 Å². The zero-order chi connectivity index (χ0) is 11.8. The van der Waals surface area contributed by atoms with Crippen LogP contribution in [-0.4, -0.2) is 10.2 Å². The van der Waals surface area contributed by atoms with Crippen LogP contribution in [0.5, 0.6) is 0 Å². The second kappa shape index (κ2) is 3.74. The maximum Gasteiger partial charge on any atom is 0.100 e. The molecule has 0 atom stereocenters. The van der Waals surface area contributed by atoms with E-state index in [4.69, 9.17) is 0 Å². The molecule has 0 saturated carbocycles. The first-order valence-corrected chi connectivity index (χ1v) is 5.76. The molecular weight excluding hydrogens is 208 g/mol. The van der Waals surface area contributed by atoms with Crippen molar-refractivity contribution in [3.05, 3.63) is 53.6 Å². The highest BCUT2D eigenvalue weighted by Crippen LogP contribution is 2.28. The number of hydrogen-bond acceptors (Lipinski definition) is 1. The van der Waals surface area contributed by atoms with E-state index in [0.717, 1.165) is 11.2 Å². The summed E-state index contributed by atoms with van der Waals surface area (Å²) >= 11 is 0. The summed E-state index contributed by atoms with van der Waals surface area (Å²) in [5, 5.41) is 8.69. The lowest BCUT2D eigenvalue weighted by Gasteiger charge is -2.04. The maximum atomic E-state index is 4.43. The topological polar surface area (TPSA) is 28.7 Å². The van der Waals surface area contributed by atoms with Crippen LogP contribution >= 0.6 is 0 Å². The van der Waals surface area contributed by atoms with Crippen LogP contribution in [0.3, 0.4) is 0 Å². The molecule has 2 nitrogen and oxygen atoms in total. The molecule has 0 amide bonds. The van der Waals surface area contributed by atoms with Gasteiger partial charge in [-0.1, -0.05) is 42.0 Å². The van der Waals surface area contributed by atoms with E-state index in [2.05, 4.69) is 54.4 Å². The van der Waals surface area contributed by atoms with Gasteiger partial charge in [0.2, 0.25) is 0 Å². The lowest BCUT2D eigenvalue weighted by molar-refractivity contribution is 1.12. The Morgan fingerprint density at radius 2 is 1.82 bits per heavy atom. The highest BCUT2D eigenvalue weighted by atomic mass is 15.1. The Balaban J connectivity index is 2.27. The van der Waals surface area contributed by atoms with E-state index in [1.165, 1.54) is 22.1 Å². The molecule has 0 aliphatic rings. The van der Waals surface area contributed by atoms with E-state index in [1.54, 1.807) is 0 Å². The third-order valence-corrected chi connectivity index (χ3v) is 3.11. The molecule has 2 aromatic carbocycles. The van der Waals surface area contributed by atoms with Gasteiger partial charge >= 0.3 is 0 Å². The number of nitrogens with zero attached hydrogens (tertiary/aromatic N) is 1. The molecular formula is C15H14N2. The number of H-pyrrole nitrogens is 1. The summed E-state index contributed by atoms with van der Waals surface area (Å²) in [5.74, 6) is 0. The van der Waals surface area contributed by atoms with Gasteiger partial charge in [0, 0.05) is 10.9 Å². The molecule has 3 rings (SSSR count). The van der Waals surface area contributed by atoms with Crippen molar-refractivity contribution in [3.8, 4) is 11.3 Å². The molecule has 84 valence electrons. The molecule has 0 aliphatic carbocycles. The average molecular weight is 222 g/mol. The van der Waals surface area contributed by atoms with Crippen LogP contribution in [0.4, 0.5) is 0 Å². The fourth-order valence-electron chi connectivity index (χ4n) is 2.25. The zero-order valence-corrected chi connectivity index (χ0v) is 9.99. The number of fused-ring (bicyclic) bond motifs is 1. The summed E-state index contributed by atoms with van der Waals surface area (Å²) in [6, 6.07) is 14.7. The largest absolute Gasteiger partial charge is 0.277 e. The Morgan fingerprint density at radius 1 is 1.00 bits per heavy atom. The van der Waals surface area contributed by atoms with E-state index in [1.807, 2.05) is 12.1 Å². The Hall–Kier alpha value is -2.09. The van der Waals surface area contributed by atoms with Gasteiger partial charge in [-0.05, 0) is 25.5 Å². The molecule has 0 bridgehead atoms. The fourth-order valence-corrected chi connectivity index (χ4v) is 2.25. The van der Waals surface area contributed by atoms with Crippen LogP contribution in [0.25, 0.3) is 22.2 Å². The lowest BCUT2D eigenvalue weighted by Crippen LogP contribution is -1.85. The minimum absolute atomic E-state index is 1.04. The standard InChI is InChI=1S/C15H14N2/c1-10-7-8-12(11(2)9-10)15-13-5-3-4-6-14(13)16-17-15/h3-9H,1-2H3,(H,16,17). The number of para-hydroxylation sites is 1.